The minimum atomic E-state index is 0.878. The van der Waals surface area contributed by atoms with Gasteiger partial charge in [0.2, 0.25) is 0 Å². The molecule has 1 aromatic carbocycles. The van der Waals surface area contributed by atoms with Crippen LogP contribution in [0, 0.1) is 27.7 Å². The van der Waals surface area contributed by atoms with Gasteiger partial charge in [0.25, 0.3) is 0 Å². The second-order valence-corrected chi connectivity index (χ2v) is 7.88. The van der Waals surface area contributed by atoms with E-state index in [1.807, 2.05) is 37.4 Å². The van der Waals surface area contributed by atoms with Gasteiger partial charge < -0.3 is 0 Å². The van der Waals surface area contributed by atoms with Crippen LogP contribution < -0.4 is 0 Å². The van der Waals surface area contributed by atoms with Gasteiger partial charge in [-0.15, -0.1) is 0 Å². The molecule has 0 bridgehead atoms. The summed E-state index contributed by atoms with van der Waals surface area (Å²) in [7, 11) is 0. The van der Waals surface area contributed by atoms with E-state index in [9.17, 15) is 0 Å². The summed E-state index contributed by atoms with van der Waals surface area (Å²) in [6, 6.07) is 14.5. The summed E-state index contributed by atoms with van der Waals surface area (Å²) in [5, 5.41) is 0. The number of aryl methyl sites for hydroxylation is 4. The fourth-order valence-corrected chi connectivity index (χ4v) is 3.03. The zero-order valence-corrected chi connectivity index (χ0v) is 21.2. The minimum Gasteiger partial charge on any atom is -0.256 e. The first-order valence-electron chi connectivity index (χ1n) is 11.4. The number of hydrogen-bond donors (Lipinski definition) is 0. The van der Waals surface area contributed by atoms with Gasteiger partial charge in [-0.1, -0.05) is 82.5 Å². The molecule has 0 atom stereocenters. The van der Waals surface area contributed by atoms with E-state index in [0.717, 1.165) is 28.1 Å². The maximum atomic E-state index is 4.42. The predicted molar refractivity (Wildman–Crippen MR) is 146 cm³/mol. The lowest BCUT2D eigenvalue weighted by Gasteiger charge is -2.08. The quantitative estimate of drug-likeness (QED) is 0.372. The average Bonchev–Trinajstić information content (AvgIpc) is 2.80. The minimum absolute atomic E-state index is 0.878. The normalized spacial score (nSPS) is 10.2. The Morgan fingerprint density at radius 2 is 1.42 bits per heavy atom. The van der Waals surface area contributed by atoms with Gasteiger partial charge >= 0.3 is 0 Å². The van der Waals surface area contributed by atoms with Crippen LogP contribution in [0.25, 0.3) is 16.8 Å². The number of hydrogen-bond acceptors (Lipinski definition) is 2. The molecule has 0 unspecified atom stereocenters. The Hall–Kier alpha value is -3.52. The largest absolute Gasteiger partial charge is 0.256 e. The van der Waals surface area contributed by atoms with Gasteiger partial charge in [0.1, 0.15) is 0 Å². The van der Waals surface area contributed by atoms with Gasteiger partial charge in [-0.25, -0.2) is 0 Å². The lowest BCUT2D eigenvalue weighted by Crippen LogP contribution is -1.93. The number of allylic oxidation sites excluding steroid dienone is 5. The van der Waals surface area contributed by atoms with Gasteiger partial charge in [0.05, 0.1) is 11.4 Å². The van der Waals surface area contributed by atoms with Crippen molar-refractivity contribution in [3.8, 4) is 11.3 Å². The smallest absolute Gasteiger partial charge is 0.0731 e. The van der Waals surface area contributed by atoms with Gasteiger partial charge in [-0.05, 0) is 73.7 Å². The Labute approximate surface area is 201 Å². The first-order chi connectivity index (χ1) is 15.8. The van der Waals surface area contributed by atoms with Crippen molar-refractivity contribution in [3.05, 3.63) is 126 Å². The van der Waals surface area contributed by atoms with Crippen LogP contribution in [-0.4, -0.2) is 9.97 Å². The van der Waals surface area contributed by atoms with Gasteiger partial charge in [0.15, 0.2) is 0 Å². The molecule has 0 saturated heterocycles. The molecule has 0 saturated carbocycles. The summed E-state index contributed by atoms with van der Waals surface area (Å²) in [4.78, 5) is 8.73. The summed E-state index contributed by atoms with van der Waals surface area (Å²) in [6.45, 7) is 24.1. The number of nitrogens with zero attached hydrogens (tertiary/aromatic N) is 2. The van der Waals surface area contributed by atoms with Gasteiger partial charge in [-0.3, -0.25) is 9.97 Å². The van der Waals surface area contributed by atoms with Crippen LogP contribution in [0.3, 0.4) is 0 Å². The van der Waals surface area contributed by atoms with E-state index < -0.39 is 0 Å². The molecular formula is C31H38N2. The second-order valence-electron chi connectivity index (χ2n) is 7.88. The Bertz CT molecular complexity index is 1100. The molecule has 0 aliphatic heterocycles. The predicted octanol–water partition coefficient (Wildman–Crippen LogP) is 8.79. The molecule has 0 spiro atoms. The Balaban J connectivity index is 0.000000295. The highest BCUT2D eigenvalue weighted by molar-refractivity contribution is 5.79. The molecule has 2 heteroatoms. The number of benzene rings is 1. The Kier molecular flexibility index (Phi) is 12.1. The molecular weight excluding hydrogens is 400 g/mol. The highest BCUT2D eigenvalue weighted by atomic mass is 14.7. The highest BCUT2D eigenvalue weighted by Gasteiger charge is 2.06. The monoisotopic (exact) mass is 438 g/mol. The maximum absolute atomic E-state index is 4.42. The molecule has 0 fully saturated rings. The van der Waals surface area contributed by atoms with Gasteiger partial charge in [0, 0.05) is 23.5 Å². The Morgan fingerprint density at radius 3 is 1.94 bits per heavy atom. The van der Waals surface area contributed by atoms with E-state index in [0.29, 0.717) is 0 Å². The fraction of sp³-hybridized carbons (Fsp3) is 0.226. The van der Waals surface area contributed by atoms with Crippen molar-refractivity contribution in [3.63, 3.8) is 0 Å². The molecule has 3 rings (SSSR count). The molecule has 0 aliphatic carbocycles. The van der Waals surface area contributed by atoms with E-state index in [4.69, 9.17) is 0 Å². The van der Waals surface area contributed by atoms with Crippen molar-refractivity contribution < 1.29 is 0 Å². The zero-order chi connectivity index (χ0) is 24.8. The van der Waals surface area contributed by atoms with Crippen molar-refractivity contribution in [2.45, 2.75) is 48.0 Å². The fourth-order valence-electron chi connectivity index (χ4n) is 3.03. The lowest BCUT2D eigenvalue weighted by molar-refractivity contribution is 1.09. The summed E-state index contributed by atoms with van der Waals surface area (Å²) in [5.74, 6) is 0. The third kappa shape index (κ3) is 8.50. The summed E-state index contributed by atoms with van der Waals surface area (Å²) >= 11 is 0. The molecule has 0 N–H and O–H groups in total. The Morgan fingerprint density at radius 1 is 0.818 bits per heavy atom. The molecule has 2 heterocycles. The second kappa shape index (κ2) is 14.5. The molecule has 0 amide bonds. The number of pyridine rings is 2. The summed E-state index contributed by atoms with van der Waals surface area (Å²) < 4.78 is 0. The number of aromatic nitrogens is 2. The van der Waals surface area contributed by atoms with E-state index in [1.54, 1.807) is 18.3 Å². The first kappa shape index (κ1) is 27.5. The van der Waals surface area contributed by atoms with Crippen molar-refractivity contribution in [1.29, 1.82) is 0 Å². The molecule has 33 heavy (non-hydrogen) atoms. The molecule has 2 nitrogen and oxygen atoms in total. The van der Waals surface area contributed by atoms with E-state index in [2.05, 4.69) is 88.6 Å². The lowest BCUT2D eigenvalue weighted by atomic mass is 10.0. The standard InChI is InChI=1S/2C14H15N.C3H8/c1-10-6-7-13(9-12(10)3)14-11(2)5-4-8-15-14;1-5-8-13(6-2)12(4)14-11(3)9-7-10-15-14;1-3-2/h4-9H,1-3H3;5-10H,1-2,4H2,3H3;3H2,1-2H3/b;13-8+;. The van der Waals surface area contributed by atoms with E-state index in [1.165, 1.54) is 28.7 Å². The van der Waals surface area contributed by atoms with E-state index in [-0.39, 0.29) is 0 Å². The van der Waals surface area contributed by atoms with Crippen LogP contribution in [-0.2, 0) is 0 Å². The van der Waals surface area contributed by atoms with Crippen LogP contribution in [0.4, 0.5) is 0 Å². The van der Waals surface area contributed by atoms with Crippen LogP contribution in [0.15, 0.2) is 98.4 Å². The third-order valence-corrected chi connectivity index (χ3v) is 4.95. The van der Waals surface area contributed by atoms with Crippen molar-refractivity contribution in [2.75, 3.05) is 0 Å². The first-order valence-corrected chi connectivity index (χ1v) is 11.4. The molecule has 0 radical (unpaired) electrons. The van der Waals surface area contributed by atoms with Crippen LogP contribution >= 0.6 is 0 Å². The van der Waals surface area contributed by atoms with Crippen molar-refractivity contribution in [2.24, 2.45) is 0 Å². The van der Waals surface area contributed by atoms with Crippen LogP contribution in [0.2, 0.25) is 0 Å². The summed E-state index contributed by atoms with van der Waals surface area (Å²) in [5.41, 5.74) is 10.0. The SMILES string of the molecule is C=C/C=C(\C=C)C(=C)c1ncccc1C.CCC.Cc1ccc(-c2ncccc2C)cc1C. The van der Waals surface area contributed by atoms with E-state index >= 15 is 0 Å². The molecule has 2 aromatic heterocycles. The highest BCUT2D eigenvalue weighted by Crippen LogP contribution is 2.23. The summed E-state index contributed by atoms with van der Waals surface area (Å²) in [6.07, 6.45) is 10.2. The maximum Gasteiger partial charge on any atom is 0.0731 e. The molecule has 172 valence electrons. The zero-order valence-electron chi connectivity index (χ0n) is 21.2. The average molecular weight is 439 g/mol. The topological polar surface area (TPSA) is 25.8 Å². The molecule has 0 aliphatic rings. The van der Waals surface area contributed by atoms with Gasteiger partial charge in [-0.2, -0.15) is 0 Å². The third-order valence-electron chi connectivity index (χ3n) is 4.95. The van der Waals surface area contributed by atoms with Crippen LogP contribution in [0.1, 0.15) is 48.2 Å². The molecule has 3 aromatic rings. The van der Waals surface area contributed by atoms with Crippen molar-refractivity contribution in [1.82, 2.24) is 9.97 Å². The van der Waals surface area contributed by atoms with Crippen molar-refractivity contribution >= 4 is 5.57 Å². The number of rotatable bonds is 5. The van der Waals surface area contributed by atoms with Crippen LogP contribution in [0.5, 0.6) is 0 Å².